The van der Waals surface area contributed by atoms with Crippen molar-refractivity contribution in [3.63, 3.8) is 0 Å². The lowest BCUT2D eigenvalue weighted by atomic mass is 9.90. The van der Waals surface area contributed by atoms with Crippen molar-refractivity contribution in [3.8, 4) is 5.75 Å². The van der Waals surface area contributed by atoms with Crippen LogP contribution in [-0.2, 0) is 0 Å². The zero-order chi connectivity index (χ0) is 18.5. The molecule has 1 saturated carbocycles. The number of ketones is 1. The molecule has 2 N–H and O–H groups in total. The Morgan fingerprint density at radius 1 is 1.38 bits per heavy atom. The normalized spacial score (nSPS) is 16.7. The third-order valence-corrected chi connectivity index (χ3v) is 5.17. The zero-order valence-electron chi connectivity index (χ0n) is 15.4. The molecular weight excluding hydrogens is 332 g/mol. The SMILES string of the molecule is Cc1nc2c(OCC3CCCCC3)cccn2c1C(=O)CC[C@H](O)CO. The molecule has 0 radical (unpaired) electrons. The quantitative estimate of drug-likeness (QED) is 0.707. The van der Waals surface area contributed by atoms with Crippen molar-refractivity contribution in [1.29, 1.82) is 0 Å². The first-order valence-electron chi connectivity index (χ1n) is 9.52. The molecule has 0 amide bonds. The van der Waals surface area contributed by atoms with E-state index in [1.165, 1.54) is 32.1 Å². The highest BCUT2D eigenvalue weighted by molar-refractivity contribution is 5.96. The Bertz CT molecular complexity index is 750. The number of aliphatic hydroxyl groups is 2. The maximum atomic E-state index is 12.6. The Morgan fingerprint density at radius 2 is 2.15 bits per heavy atom. The fraction of sp³-hybridized carbons (Fsp3) is 0.600. The highest BCUT2D eigenvalue weighted by atomic mass is 16.5. The number of aliphatic hydroxyl groups excluding tert-OH is 2. The second-order valence-electron chi connectivity index (χ2n) is 7.23. The second-order valence-corrected chi connectivity index (χ2v) is 7.23. The topological polar surface area (TPSA) is 84.1 Å². The first-order valence-corrected chi connectivity index (χ1v) is 9.52. The highest BCUT2D eigenvalue weighted by Crippen LogP contribution is 2.27. The van der Waals surface area contributed by atoms with Crippen molar-refractivity contribution < 1.29 is 19.7 Å². The van der Waals surface area contributed by atoms with Crippen LogP contribution in [0.1, 0.15) is 61.1 Å². The molecule has 142 valence electrons. The van der Waals surface area contributed by atoms with Gasteiger partial charge in [0.1, 0.15) is 5.69 Å². The van der Waals surface area contributed by atoms with Crippen LogP contribution in [0.25, 0.3) is 5.65 Å². The minimum absolute atomic E-state index is 0.0908. The summed E-state index contributed by atoms with van der Waals surface area (Å²) in [4.78, 5) is 17.1. The number of carbonyl (C=O) groups excluding carboxylic acids is 1. The minimum atomic E-state index is -0.868. The van der Waals surface area contributed by atoms with E-state index >= 15 is 0 Å². The molecule has 1 aliphatic carbocycles. The fourth-order valence-electron chi connectivity index (χ4n) is 3.67. The summed E-state index contributed by atoms with van der Waals surface area (Å²) in [5.41, 5.74) is 1.84. The predicted molar refractivity (Wildman–Crippen MR) is 98.7 cm³/mol. The van der Waals surface area contributed by atoms with Crippen LogP contribution in [0.15, 0.2) is 18.3 Å². The van der Waals surface area contributed by atoms with Crippen LogP contribution in [0.5, 0.6) is 5.75 Å². The van der Waals surface area contributed by atoms with E-state index in [1.54, 1.807) is 4.40 Å². The lowest BCUT2D eigenvalue weighted by Crippen LogP contribution is -2.16. The third kappa shape index (κ3) is 4.24. The number of fused-ring (bicyclic) bond motifs is 1. The highest BCUT2D eigenvalue weighted by Gasteiger charge is 2.20. The van der Waals surface area contributed by atoms with Gasteiger partial charge in [-0.05, 0) is 44.2 Å². The number of pyridine rings is 1. The predicted octanol–water partition coefficient (Wildman–Crippen LogP) is 2.92. The molecule has 0 bridgehead atoms. The maximum absolute atomic E-state index is 12.6. The van der Waals surface area contributed by atoms with Crippen LogP contribution in [0.4, 0.5) is 0 Å². The van der Waals surface area contributed by atoms with Crippen molar-refractivity contribution >= 4 is 11.4 Å². The molecular formula is C20H28N2O4. The molecule has 26 heavy (non-hydrogen) atoms. The number of aryl methyl sites for hydroxylation is 1. The Morgan fingerprint density at radius 3 is 2.88 bits per heavy atom. The van der Waals surface area contributed by atoms with Crippen LogP contribution in [0, 0.1) is 12.8 Å². The van der Waals surface area contributed by atoms with Crippen molar-refractivity contribution in [1.82, 2.24) is 9.38 Å². The third-order valence-electron chi connectivity index (χ3n) is 5.17. The number of rotatable bonds is 8. The number of ether oxygens (including phenoxy) is 1. The Labute approximate surface area is 153 Å². The number of hydrogen-bond donors (Lipinski definition) is 2. The van der Waals surface area contributed by atoms with E-state index in [1.807, 2.05) is 25.3 Å². The average Bonchev–Trinajstić information content (AvgIpc) is 3.01. The Hall–Kier alpha value is -1.92. The first-order chi connectivity index (χ1) is 12.6. The molecule has 3 rings (SSSR count). The van der Waals surface area contributed by atoms with E-state index in [-0.39, 0.29) is 25.2 Å². The summed E-state index contributed by atoms with van der Waals surface area (Å²) >= 11 is 0. The number of imidazole rings is 1. The van der Waals surface area contributed by atoms with Gasteiger partial charge in [-0.25, -0.2) is 4.98 Å². The molecule has 2 heterocycles. The van der Waals surface area contributed by atoms with Crippen LogP contribution in [0.3, 0.4) is 0 Å². The van der Waals surface area contributed by atoms with E-state index in [4.69, 9.17) is 9.84 Å². The molecule has 0 aliphatic heterocycles. The van der Waals surface area contributed by atoms with Crippen LogP contribution >= 0.6 is 0 Å². The van der Waals surface area contributed by atoms with Gasteiger partial charge >= 0.3 is 0 Å². The maximum Gasteiger partial charge on any atom is 0.181 e. The zero-order valence-corrected chi connectivity index (χ0v) is 15.4. The second kappa shape index (κ2) is 8.64. The Balaban J connectivity index is 1.76. The summed E-state index contributed by atoms with van der Waals surface area (Å²) in [5, 5.41) is 18.4. The van der Waals surface area contributed by atoms with Gasteiger partial charge in [-0.3, -0.25) is 9.20 Å². The van der Waals surface area contributed by atoms with Crippen LogP contribution < -0.4 is 4.74 Å². The molecule has 0 saturated heterocycles. The van der Waals surface area contributed by atoms with E-state index in [2.05, 4.69) is 4.98 Å². The largest absolute Gasteiger partial charge is 0.489 e. The summed E-state index contributed by atoms with van der Waals surface area (Å²) in [6.45, 7) is 2.17. The average molecular weight is 360 g/mol. The van der Waals surface area contributed by atoms with Gasteiger partial charge in [0.25, 0.3) is 0 Å². The molecule has 1 aliphatic rings. The lowest BCUT2D eigenvalue weighted by Gasteiger charge is -2.21. The summed E-state index contributed by atoms with van der Waals surface area (Å²) < 4.78 is 7.83. The number of hydrogen-bond acceptors (Lipinski definition) is 5. The number of carbonyl (C=O) groups is 1. The number of Topliss-reactive ketones (excluding diaryl/α,β-unsaturated/α-hetero) is 1. The van der Waals surface area contributed by atoms with E-state index in [0.29, 0.717) is 35.3 Å². The molecule has 1 fully saturated rings. The van der Waals surface area contributed by atoms with Crippen molar-refractivity contribution in [2.75, 3.05) is 13.2 Å². The van der Waals surface area contributed by atoms with E-state index in [9.17, 15) is 9.90 Å². The molecule has 2 aromatic rings. The van der Waals surface area contributed by atoms with Gasteiger partial charge in [0.05, 0.1) is 25.0 Å². The number of nitrogens with zero attached hydrogens (tertiary/aromatic N) is 2. The molecule has 6 nitrogen and oxygen atoms in total. The van der Waals surface area contributed by atoms with Gasteiger partial charge in [0, 0.05) is 12.6 Å². The molecule has 1 atom stereocenters. The van der Waals surface area contributed by atoms with Crippen molar-refractivity contribution in [2.24, 2.45) is 5.92 Å². The summed E-state index contributed by atoms with van der Waals surface area (Å²) in [7, 11) is 0. The molecule has 2 aromatic heterocycles. The van der Waals surface area contributed by atoms with Crippen LogP contribution in [-0.4, -0.2) is 44.7 Å². The number of aromatic nitrogens is 2. The minimum Gasteiger partial charge on any atom is -0.489 e. The Kier molecular flexibility index (Phi) is 6.27. The monoisotopic (exact) mass is 360 g/mol. The van der Waals surface area contributed by atoms with Crippen LogP contribution in [0.2, 0.25) is 0 Å². The first kappa shape index (κ1) is 18.9. The molecule has 0 aromatic carbocycles. The van der Waals surface area contributed by atoms with Crippen molar-refractivity contribution in [3.05, 3.63) is 29.7 Å². The summed E-state index contributed by atoms with van der Waals surface area (Å²) in [6.07, 6.45) is 7.66. The van der Waals surface area contributed by atoms with Gasteiger partial charge in [-0.15, -0.1) is 0 Å². The van der Waals surface area contributed by atoms with Crippen molar-refractivity contribution in [2.45, 2.75) is 58.0 Å². The van der Waals surface area contributed by atoms with Gasteiger partial charge in [-0.2, -0.15) is 0 Å². The summed E-state index contributed by atoms with van der Waals surface area (Å²) in [5.74, 6) is 1.21. The fourth-order valence-corrected chi connectivity index (χ4v) is 3.67. The molecule has 6 heteroatoms. The lowest BCUT2D eigenvalue weighted by molar-refractivity contribution is 0.0776. The van der Waals surface area contributed by atoms with Gasteiger partial charge in [0.2, 0.25) is 0 Å². The summed E-state index contributed by atoms with van der Waals surface area (Å²) in [6, 6.07) is 3.76. The molecule has 0 unspecified atom stereocenters. The van der Waals surface area contributed by atoms with Gasteiger partial charge < -0.3 is 14.9 Å². The molecule has 0 spiro atoms. The van der Waals surface area contributed by atoms with Gasteiger partial charge in [0.15, 0.2) is 17.2 Å². The van der Waals surface area contributed by atoms with E-state index in [0.717, 1.165) is 0 Å². The standard InChI is InChI=1S/C20H28N2O4/c1-14-19(17(25)10-9-16(24)12-23)22-11-5-8-18(20(22)21-14)26-13-15-6-3-2-4-7-15/h5,8,11,15-16,23-24H,2-4,6-7,9-10,12-13H2,1H3/t16-/m0/s1. The smallest absolute Gasteiger partial charge is 0.181 e. The van der Waals surface area contributed by atoms with E-state index < -0.39 is 6.10 Å². The van der Waals surface area contributed by atoms with Gasteiger partial charge in [-0.1, -0.05) is 19.3 Å².